The quantitative estimate of drug-likeness (QED) is 0.675. The van der Waals surface area contributed by atoms with Gasteiger partial charge in [-0.15, -0.1) is 0 Å². The number of carbonyl (C=O) groups excluding carboxylic acids is 1. The van der Waals surface area contributed by atoms with Gasteiger partial charge in [0.2, 0.25) is 0 Å². The lowest BCUT2D eigenvalue weighted by atomic mass is 10.1. The van der Waals surface area contributed by atoms with Crippen molar-refractivity contribution in [1.82, 2.24) is 0 Å². The number of aryl methyl sites for hydroxylation is 1. The molecule has 12 heavy (non-hydrogen) atoms. The molecule has 3 heteroatoms. The molecule has 1 N–H and O–H groups in total. The number of nitrogens with one attached hydrogen (secondary N) is 1. The third-order valence-electron chi connectivity index (χ3n) is 1.64. The van der Waals surface area contributed by atoms with Gasteiger partial charge in [0.1, 0.15) is 0 Å². The first kappa shape index (κ1) is 9.13. The highest BCUT2D eigenvalue weighted by molar-refractivity contribution is 7.96. The third kappa shape index (κ3) is 2.27. The van der Waals surface area contributed by atoms with Crippen LogP contribution in [0.2, 0.25) is 0 Å². The summed E-state index contributed by atoms with van der Waals surface area (Å²) in [5.41, 5.74) is 1.97. The van der Waals surface area contributed by atoms with Crippen molar-refractivity contribution in [3.63, 3.8) is 0 Å². The fourth-order valence-electron chi connectivity index (χ4n) is 1.07. The topological polar surface area (TPSA) is 29.1 Å². The minimum atomic E-state index is -0.323. The Morgan fingerprint density at radius 1 is 1.50 bits per heavy atom. The number of hydrogen-bond donors (Lipinski definition) is 2. The Balaban J connectivity index is 2.89. The fraction of sp³-hybridized carbons (Fsp3) is 0.222. The SMILES string of the molecule is CCc1ccccc1NC(=O)S. The third-order valence-corrected chi connectivity index (χ3v) is 1.75. The molecule has 0 saturated heterocycles. The number of hydrogen-bond acceptors (Lipinski definition) is 1. The van der Waals surface area contributed by atoms with Crippen molar-refractivity contribution in [1.29, 1.82) is 0 Å². The molecule has 0 fully saturated rings. The van der Waals surface area contributed by atoms with Gasteiger partial charge in [-0.2, -0.15) is 0 Å². The molecular formula is C9H11NOS. The summed E-state index contributed by atoms with van der Waals surface area (Å²) >= 11 is 3.65. The first-order valence-corrected chi connectivity index (χ1v) is 4.26. The number of para-hydroxylation sites is 1. The smallest absolute Gasteiger partial charge is 0.280 e. The molecule has 0 aliphatic heterocycles. The Morgan fingerprint density at radius 3 is 2.75 bits per heavy atom. The lowest BCUT2D eigenvalue weighted by molar-refractivity contribution is 0.270. The van der Waals surface area contributed by atoms with Gasteiger partial charge in [-0.05, 0) is 18.1 Å². The molecule has 64 valence electrons. The largest absolute Gasteiger partial charge is 0.317 e. The molecule has 2 nitrogen and oxygen atoms in total. The number of carbonyl (C=O) groups is 1. The number of benzene rings is 1. The summed E-state index contributed by atoms with van der Waals surface area (Å²) in [7, 11) is 0. The number of anilines is 1. The van der Waals surface area contributed by atoms with Crippen molar-refractivity contribution < 1.29 is 4.79 Å². The second-order valence-electron chi connectivity index (χ2n) is 2.44. The van der Waals surface area contributed by atoms with Gasteiger partial charge in [0, 0.05) is 5.69 Å². The maximum absolute atomic E-state index is 10.6. The van der Waals surface area contributed by atoms with E-state index in [2.05, 4.69) is 17.9 Å². The lowest BCUT2D eigenvalue weighted by Crippen LogP contribution is -2.03. The monoisotopic (exact) mass is 181 g/mol. The van der Waals surface area contributed by atoms with Crippen LogP contribution < -0.4 is 5.32 Å². The average molecular weight is 181 g/mol. The Kier molecular flexibility index (Phi) is 3.17. The van der Waals surface area contributed by atoms with E-state index in [1.54, 1.807) is 0 Å². The minimum absolute atomic E-state index is 0.323. The molecular weight excluding hydrogens is 170 g/mol. The van der Waals surface area contributed by atoms with Gasteiger partial charge >= 0.3 is 0 Å². The van der Waals surface area contributed by atoms with E-state index in [-0.39, 0.29) is 5.24 Å². The van der Waals surface area contributed by atoms with Crippen molar-refractivity contribution in [2.45, 2.75) is 13.3 Å². The lowest BCUT2D eigenvalue weighted by Gasteiger charge is -2.06. The summed E-state index contributed by atoms with van der Waals surface area (Å²) in [6.07, 6.45) is 0.907. The summed E-state index contributed by atoms with van der Waals surface area (Å²) in [6, 6.07) is 7.69. The van der Waals surface area contributed by atoms with Crippen LogP contribution in [0.3, 0.4) is 0 Å². The van der Waals surface area contributed by atoms with Crippen LogP contribution in [0.15, 0.2) is 24.3 Å². The molecule has 0 radical (unpaired) electrons. The Hall–Kier alpha value is -0.960. The van der Waals surface area contributed by atoms with Crippen LogP contribution in [-0.2, 0) is 6.42 Å². The van der Waals surface area contributed by atoms with Crippen molar-refractivity contribution in [2.24, 2.45) is 0 Å². The molecule has 1 aromatic carbocycles. The van der Waals surface area contributed by atoms with Gasteiger partial charge in [0.25, 0.3) is 5.24 Å². The first-order valence-electron chi connectivity index (χ1n) is 3.82. The van der Waals surface area contributed by atoms with Crippen molar-refractivity contribution in [2.75, 3.05) is 5.32 Å². The molecule has 0 unspecified atom stereocenters. The second kappa shape index (κ2) is 4.16. The van der Waals surface area contributed by atoms with Gasteiger partial charge < -0.3 is 5.32 Å². The van der Waals surface area contributed by atoms with Crippen LogP contribution in [0.4, 0.5) is 10.5 Å². The van der Waals surface area contributed by atoms with Crippen LogP contribution in [0, 0.1) is 0 Å². The minimum Gasteiger partial charge on any atom is -0.317 e. The molecule has 0 saturated carbocycles. The van der Waals surface area contributed by atoms with Crippen molar-refractivity contribution in [3.05, 3.63) is 29.8 Å². The van der Waals surface area contributed by atoms with Crippen LogP contribution in [0.5, 0.6) is 0 Å². The maximum Gasteiger partial charge on any atom is 0.280 e. The molecule has 1 rings (SSSR count). The molecule has 0 heterocycles. The number of thiol groups is 1. The number of amides is 1. The van der Waals surface area contributed by atoms with E-state index in [1.807, 2.05) is 31.2 Å². The van der Waals surface area contributed by atoms with E-state index < -0.39 is 0 Å². The van der Waals surface area contributed by atoms with Crippen molar-refractivity contribution >= 4 is 23.6 Å². The molecule has 0 spiro atoms. The first-order chi connectivity index (χ1) is 5.74. The molecule has 1 aromatic rings. The van der Waals surface area contributed by atoms with Crippen LogP contribution in [0.1, 0.15) is 12.5 Å². The maximum atomic E-state index is 10.6. The second-order valence-corrected chi connectivity index (χ2v) is 2.85. The zero-order valence-corrected chi connectivity index (χ0v) is 7.77. The van der Waals surface area contributed by atoms with Gasteiger partial charge in [0.15, 0.2) is 0 Å². The molecule has 0 aliphatic carbocycles. The van der Waals surface area contributed by atoms with E-state index in [0.29, 0.717) is 0 Å². The zero-order valence-electron chi connectivity index (χ0n) is 6.87. The summed E-state index contributed by atoms with van der Waals surface area (Å²) in [5, 5.41) is 2.33. The standard InChI is InChI=1S/C9H11NOS/c1-2-7-5-3-4-6-8(7)10-9(11)12/h3-6H,2H2,1H3,(H2,10,11,12). The Morgan fingerprint density at radius 2 is 2.17 bits per heavy atom. The van der Waals surface area contributed by atoms with Gasteiger partial charge in [0.05, 0.1) is 0 Å². The summed E-state index contributed by atoms with van der Waals surface area (Å²) in [4.78, 5) is 10.6. The van der Waals surface area contributed by atoms with Gasteiger partial charge in [-0.1, -0.05) is 37.8 Å². The van der Waals surface area contributed by atoms with Crippen LogP contribution in [-0.4, -0.2) is 5.24 Å². The summed E-state index contributed by atoms with van der Waals surface area (Å²) in [6.45, 7) is 2.05. The molecule has 0 aromatic heterocycles. The summed E-state index contributed by atoms with van der Waals surface area (Å²) in [5.74, 6) is 0. The van der Waals surface area contributed by atoms with E-state index in [0.717, 1.165) is 17.7 Å². The molecule has 0 bridgehead atoms. The number of rotatable bonds is 2. The van der Waals surface area contributed by atoms with Crippen LogP contribution in [0.25, 0.3) is 0 Å². The van der Waals surface area contributed by atoms with E-state index in [1.165, 1.54) is 0 Å². The highest BCUT2D eigenvalue weighted by Gasteiger charge is 1.99. The molecule has 0 atom stereocenters. The normalized spacial score (nSPS) is 9.50. The zero-order chi connectivity index (χ0) is 8.97. The predicted octanol–water partition coefficient (Wildman–Crippen LogP) is 2.71. The van der Waals surface area contributed by atoms with E-state index in [9.17, 15) is 4.79 Å². The highest BCUT2D eigenvalue weighted by atomic mass is 32.1. The van der Waals surface area contributed by atoms with E-state index >= 15 is 0 Å². The predicted molar refractivity (Wildman–Crippen MR) is 53.8 cm³/mol. The van der Waals surface area contributed by atoms with E-state index in [4.69, 9.17) is 0 Å². The average Bonchev–Trinajstić information content (AvgIpc) is 2.04. The Labute approximate surface area is 77.4 Å². The molecule has 0 aliphatic rings. The summed E-state index contributed by atoms with van der Waals surface area (Å²) < 4.78 is 0. The Bertz CT molecular complexity index is 286. The fourth-order valence-corrected chi connectivity index (χ4v) is 1.19. The molecule has 1 amide bonds. The van der Waals surface area contributed by atoms with Gasteiger partial charge in [-0.25, -0.2) is 0 Å². The van der Waals surface area contributed by atoms with Crippen molar-refractivity contribution in [3.8, 4) is 0 Å². The van der Waals surface area contributed by atoms with Crippen LogP contribution >= 0.6 is 12.6 Å². The van der Waals surface area contributed by atoms with Gasteiger partial charge in [-0.3, -0.25) is 4.79 Å². The highest BCUT2D eigenvalue weighted by Crippen LogP contribution is 2.15.